The quantitative estimate of drug-likeness (QED) is 0.742. The van der Waals surface area contributed by atoms with Crippen LogP contribution in [0.1, 0.15) is 20.3 Å². The summed E-state index contributed by atoms with van der Waals surface area (Å²) in [5, 5.41) is 3.74. The van der Waals surface area contributed by atoms with Gasteiger partial charge in [0.2, 0.25) is 0 Å². The standard InChI is InChI=1S/C18H31N3S/c1-16(2)19-17(15-22-18-7-5-4-6-8-18)9-10-21-13-11-20(3)12-14-21/h4-8,16-17,19H,9-15H2,1-3H3/t17-/m1/s1. The van der Waals surface area contributed by atoms with Gasteiger partial charge in [0.05, 0.1) is 0 Å². The molecule has 1 aromatic carbocycles. The minimum absolute atomic E-state index is 0.550. The van der Waals surface area contributed by atoms with E-state index in [9.17, 15) is 0 Å². The molecule has 2 rings (SSSR count). The molecule has 22 heavy (non-hydrogen) atoms. The van der Waals surface area contributed by atoms with Gasteiger partial charge in [0, 0.05) is 48.9 Å². The molecule has 0 radical (unpaired) electrons. The Kier molecular flexibility index (Phi) is 7.73. The lowest BCUT2D eigenvalue weighted by Crippen LogP contribution is -2.46. The third-order valence-corrected chi connectivity index (χ3v) is 5.33. The Morgan fingerprint density at radius 3 is 2.41 bits per heavy atom. The van der Waals surface area contributed by atoms with Gasteiger partial charge in [-0.15, -0.1) is 11.8 Å². The smallest absolute Gasteiger partial charge is 0.0176 e. The van der Waals surface area contributed by atoms with Crippen molar-refractivity contribution in [3.8, 4) is 0 Å². The molecule has 0 saturated carbocycles. The van der Waals surface area contributed by atoms with E-state index in [1.165, 1.54) is 44.0 Å². The van der Waals surface area contributed by atoms with Crippen LogP contribution >= 0.6 is 11.8 Å². The number of rotatable bonds is 8. The third kappa shape index (κ3) is 6.69. The molecule has 1 atom stereocenters. The first-order valence-electron chi connectivity index (χ1n) is 8.48. The minimum Gasteiger partial charge on any atom is -0.311 e. The number of hydrogen-bond acceptors (Lipinski definition) is 4. The topological polar surface area (TPSA) is 18.5 Å². The fraction of sp³-hybridized carbons (Fsp3) is 0.667. The maximum atomic E-state index is 3.74. The second-order valence-corrected chi connectivity index (χ2v) is 7.67. The maximum Gasteiger partial charge on any atom is 0.0176 e. The molecule has 1 N–H and O–H groups in total. The molecule has 1 aliphatic heterocycles. The number of likely N-dealkylation sites (N-methyl/N-ethyl adjacent to an activating group) is 1. The lowest BCUT2D eigenvalue weighted by molar-refractivity contribution is 0.149. The lowest BCUT2D eigenvalue weighted by Gasteiger charge is -2.33. The summed E-state index contributed by atoms with van der Waals surface area (Å²) < 4.78 is 0. The number of nitrogens with zero attached hydrogens (tertiary/aromatic N) is 2. The summed E-state index contributed by atoms with van der Waals surface area (Å²) in [7, 11) is 2.22. The van der Waals surface area contributed by atoms with Gasteiger partial charge < -0.3 is 15.1 Å². The van der Waals surface area contributed by atoms with Crippen molar-refractivity contribution < 1.29 is 0 Å². The van der Waals surface area contributed by atoms with E-state index in [1.807, 2.05) is 11.8 Å². The van der Waals surface area contributed by atoms with Crippen molar-refractivity contribution in [1.29, 1.82) is 0 Å². The Morgan fingerprint density at radius 2 is 1.77 bits per heavy atom. The Labute approximate surface area is 140 Å². The summed E-state index contributed by atoms with van der Waals surface area (Å²) in [6, 6.07) is 11.9. The second kappa shape index (κ2) is 9.56. The Morgan fingerprint density at radius 1 is 1.09 bits per heavy atom. The lowest BCUT2D eigenvalue weighted by atomic mass is 10.2. The van der Waals surface area contributed by atoms with Gasteiger partial charge in [0.15, 0.2) is 0 Å². The molecule has 0 aliphatic carbocycles. The number of benzene rings is 1. The van der Waals surface area contributed by atoms with Crippen LogP contribution in [0.3, 0.4) is 0 Å². The van der Waals surface area contributed by atoms with Crippen molar-refractivity contribution in [3.63, 3.8) is 0 Å². The summed E-state index contributed by atoms with van der Waals surface area (Å²) in [5.41, 5.74) is 0. The molecular formula is C18H31N3S. The molecule has 0 bridgehead atoms. The van der Waals surface area contributed by atoms with Crippen molar-refractivity contribution in [2.45, 2.75) is 37.2 Å². The minimum atomic E-state index is 0.550. The van der Waals surface area contributed by atoms with Crippen LogP contribution in [-0.4, -0.2) is 67.4 Å². The molecule has 3 nitrogen and oxygen atoms in total. The molecule has 1 aromatic rings. The average Bonchev–Trinajstić information content (AvgIpc) is 2.52. The second-order valence-electron chi connectivity index (χ2n) is 6.58. The van der Waals surface area contributed by atoms with Gasteiger partial charge in [0.25, 0.3) is 0 Å². The van der Waals surface area contributed by atoms with Gasteiger partial charge in [-0.05, 0) is 32.1 Å². The molecule has 1 fully saturated rings. The number of nitrogens with one attached hydrogen (secondary N) is 1. The van der Waals surface area contributed by atoms with Gasteiger partial charge in [-0.25, -0.2) is 0 Å². The van der Waals surface area contributed by atoms with E-state index in [0.29, 0.717) is 12.1 Å². The molecule has 1 aliphatic rings. The van der Waals surface area contributed by atoms with E-state index in [4.69, 9.17) is 0 Å². The third-order valence-electron chi connectivity index (χ3n) is 4.15. The molecule has 1 saturated heterocycles. The Hall–Kier alpha value is -0.550. The van der Waals surface area contributed by atoms with Crippen LogP contribution in [0.5, 0.6) is 0 Å². The maximum absolute atomic E-state index is 3.74. The van der Waals surface area contributed by atoms with Crippen molar-refractivity contribution in [2.24, 2.45) is 0 Å². The van der Waals surface area contributed by atoms with Crippen LogP contribution in [-0.2, 0) is 0 Å². The van der Waals surface area contributed by atoms with Crippen molar-refractivity contribution >= 4 is 11.8 Å². The van der Waals surface area contributed by atoms with Crippen molar-refractivity contribution in [2.75, 3.05) is 45.5 Å². The van der Waals surface area contributed by atoms with Crippen LogP contribution in [0.2, 0.25) is 0 Å². The molecule has 0 aromatic heterocycles. The SMILES string of the molecule is CC(C)N[C@H](CCN1CCN(C)CC1)CSc1ccccc1. The zero-order valence-corrected chi connectivity index (χ0v) is 15.1. The van der Waals surface area contributed by atoms with E-state index >= 15 is 0 Å². The van der Waals surface area contributed by atoms with E-state index in [0.717, 1.165) is 5.75 Å². The fourth-order valence-electron chi connectivity index (χ4n) is 2.81. The zero-order valence-electron chi connectivity index (χ0n) is 14.3. The van der Waals surface area contributed by atoms with Gasteiger partial charge in [-0.2, -0.15) is 0 Å². The van der Waals surface area contributed by atoms with Crippen LogP contribution in [0.4, 0.5) is 0 Å². The van der Waals surface area contributed by atoms with Gasteiger partial charge >= 0.3 is 0 Å². The first kappa shape index (κ1) is 17.8. The monoisotopic (exact) mass is 321 g/mol. The van der Waals surface area contributed by atoms with Crippen LogP contribution in [0.15, 0.2) is 35.2 Å². The summed E-state index contributed by atoms with van der Waals surface area (Å²) in [5.74, 6) is 1.15. The Bertz CT molecular complexity index is 402. The molecule has 0 unspecified atom stereocenters. The number of hydrogen-bond donors (Lipinski definition) is 1. The van der Waals surface area contributed by atoms with Gasteiger partial charge in [-0.1, -0.05) is 32.0 Å². The molecule has 4 heteroatoms. The normalized spacial score (nSPS) is 18.7. The van der Waals surface area contributed by atoms with Crippen LogP contribution < -0.4 is 5.32 Å². The highest BCUT2D eigenvalue weighted by Gasteiger charge is 2.16. The van der Waals surface area contributed by atoms with Gasteiger partial charge in [-0.3, -0.25) is 0 Å². The average molecular weight is 322 g/mol. The highest BCUT2D eigenvalue weighted by atomic mass is 32.2. The number of thioether (sulfide) groups is 1. The highest BCUT2D eigenvalue weighted by Crippen LogP contribution is 2.19. The van der Waals surface area contributed by atoms with E-state index < -0.39 is 0 Å². The largest absolute Gasteiger partial charge is 0.311 e. The number of piperazine rings is 1. The molecule has 0 spiro atoms. The van der Waals surface area contributed by atoms with Crippen LogP contribution in [0.25, 0.3) is 0 Å². The first-order valence-corrected chi connectivity index (χ1v) is 9.47. The Balaban J connectivity index is 1.76. The summed E-state index contributed by atoms with van der Waals surface area (Å²) in [6.07, 6.45) is 1.24. The molecule has 1 heterocycles. The van der Waals surface area contributed by atoms with Crippen molar-refractivity contribution in [3.05, 3.63) is 30.3 Å². The molecular weight excluding hydrogens is 290 g/mol. The summed E-state index contributed by atoms with van der Waals surface area (Å²) >= 11 is 1.97. The summed E-state index contributed by atoms with van der Waals surface area (Å²) in [4.78, 5) is 6.41. The molecule has 124 valence electrons. The highest BCUT2D eigenvalue weighted by molar-refractivity contribution is 7.99. The van der Waals surface area contributed by atoms with Crippen LogP contribution in [0, 0.1) is 0 Å². The zero-order chi connectivity index (χ0) is 15.8. The molecule has 0 amide bonds. The summed E-state index contributed by atoms with van der Waals surface area (Å²) in [6.45, 7) is 10.6. The predicted molar refractivity (Wildman–Crippen MR) is 97.8 cm³/mol. The predicted octanol–water partition coefficient (Wildman–Crippen LogP) is 2.78. The van der Waals surface area contributed by atoms with E-state index in [1.54, 1.807) is 0 Å². The van der Waals surface area contributed by atoms with E-state index in [-0.39, 0.29) is 0 Å². The van der Waals surface area contributed by atoms with E-state index in [2.05, 4.69) is 66.3 Å². The fourth-order valence-corrected chi connectivity index (χ4v) is 3.82. The first-order chi connectivity index (χ1) is 10.6. The van der Waals surface area contributed by atoms with Gasteiger partial charge in [0.1, 0.15) is 0 Å². The van der Waals surface area contributed by atoms with Crippen molar-refractivity contribution in [1.82, 2.24) is 15.1 Å².